The molecular weight excluding hydrogens is 328 g/mol. The molecule has 1 aromatic carbocycles. The highest BCUT2D eigenvalue weighted by Gasteiger charge is 1.96. The molecule has 17 heavy (non-hydrogen) atoms. The summed E-state index contributed by atoms with van der Waals surface area (Å²) in [6, 6.07) is 10.7. The molecule has 0 aliphatic carbocycles. The van der Waals surface area contributed by atoms with Crippen LogP contribution in [0.4, 0.5) is 4.39 Å². The topological polar surface area (TPSA) is 3.88 Å². The predicted molar refractivity (Wildman–Crippen MR) is 62.9 cm³/mol. The minimum Gasteiger partial charge on any atom is -1.00 e. The number of rotatable bonds is 2. The highest BCUT2D eigenvalue weighted by atomic mass is 127. The normalized spacial score (nSPS) is 10.2. The summed E-state index contributed by atoms with van der Waals surface area (Å²) in [5, 5.41) is 0. The molecule has 0 atom stereocenters. The van der Waals surface area contributed by atoms with Gasteiger partial charge in [-0.25, -0.2) is 8.96 Å². The first kappa shape index (κ1) is 13.8. The third-order valence-electron chi connectivity index (χ3n) is 2.36. The van der Waals surface area contributed by atoms with Gasteiger partial charge < -0.3 is 24.0 Å². The molecule has 0 aliphatic heterocycles. The maximum atomic E-state index is 13.3. The van der Waals surface area contributed by atoms with E-state index in [-0.39, 0.29) is 29.8 Å². The predicted octanol–water partition coefficient (Wildman–Crippen LogP) is -0.175. The summed E-state index contributed by atoms with van der Waals surface area (Å²) in [5.74, 6) is -0.194. The lowest BCUT2D eigenvalue weighted by Crippen LogP contribution is -3.00. The van der Waals surface area contributed by atoms with Crippen LogP contribution in [0.15, 0.2) is 48.8 Å². The van der Waals surface area contributed by atoms with E-state index in [4.69, 9.17) is 0 Å². The molecule has 2 aromatic rings. The van der Waals surface area contributed by atoms with E-state index in [9.17, 15) is 4.39 Å². The van der Waals surface area contributed by atoms with E-state index in [1.54, 1.807) is 18.2 Å². The van der Waals surface area contributed by atoms with Crippen molar-refractivity contribution in [3.63, 3.8) is 0 Å². The van der Waals surface area contributed by atoms with Gasteiger partial charge in [0.15, 0.2) is 12.4 Å². The third kappa shape index (κ3) is 3.93. The van der Waals surface area contributed by atoms with Gasteiger partial charge in [-0.05, 0) is 11.6 Å². The molecule has 0 fully saturated rings. The summed E-state index contributed by atoms with van der Waals surface area (Å²) in [5.41, 5.74) is 1.66. The smallest absolute Gasteiger partial charge is 0.169 e. The summed E-state index contributed by atoms with van der Waals surface area (Å²) in [6.07, 6.45) is 7.60. The molecule has 1 heterocycles. The van der Waals surface area contributed by atoms with Crippen molar-refractivity contribution in [2.24, 2.45) is 7.05 Å². The number of hydrogen-bond donors (Lipinski definition) is 0. The van der Waals surface area contributed by atoms with E-state index < -0.39 is 0 Å². The molecule has 0 N–H and O–H groups in total. The summed E-state index contributed by atoms with van der Waals surface area (Å²) in [6.45, 7) is 0. The quantitative estimate of drug-likeness (QED) is 0.527. The number of aromatic nitrogens is 1. The molecule has 0 radical (unpaired) electrons. The largest absolute Gasteiger partial charge is 1.00 e. The maximum Gasteiger partial charge on any atom is 0.169 e. The van der Waals surface area contributed by atoms with Crippen LogP contribution in [0.25, 0.3) is 12.2 Å². The number of pyridine rings is 1. The van der Waals surface area contributed by atoms with E-state index in [0.717, 1.165) is 5.56 Å². The average molecular weight is 341 g/mol. The van der Waals surface area contributed by atoms with Gasteiger partial charge in [0.2, 0.25) is 0 Å². The Morgan fingerprint density at radius 1 is 1.00 bits per heavy atom. The van der Waals surface area contributed by atoms with Gasteiger partial charge in [-0.2, -0.15) is 0 Å². The van der Waals surface area contributed by atoms with Gasteiger partial charge in [0.1, 0.15) is 12.9 Å². The highest BCUT2D eigenvalue weighted by Crippen LogP contribution is 2.10. The van der Waals surface area contributed by atoms with Crippen molar-refractivity contribution in [3.8, 4) is 0 Å². The van der Waals surface area contributed by atoms with Crippen molar-refractivity contribution < 1.29 is 32.9 Å². The molecule has 0 unspecified atom stereocenters. The Labute approximate surface area is 118 Å². The van der Waals surface area contributed by atoms with Crippen LogP contribution in [-0.2, 0) is 7.05 Å². The molecule has 1 aromatic heterocycles. The number of benzene rings is 1. The number of aryl methyl sites for hydroxylation is 1. The van der Waals surface area contributed by atoms with E-state index in [1.807, 2.05) is 48.3 Å². The highest BCUT2D eigenvalue weighted by molar-refractivity contribution is 5.69. The van der Waals surface area contributed by atoms with Crippen LogP contribution in [0.2, 0.25) is 0 Å². The van der Waals surface area contributed by atoms with Crippen molar-refractivity contribution in [2.75, 3.05) is 0 Å². The molecular formula is C14H13FIN. The summed E-state index contributed by atoms with van der Waals surface area (Å²) < 4.78 is 15.3. The maximum absolute atomic E-state index is 13.3. The molecule has 0 bridgehead atoms. The summed E-state index contributed by atoms with van der Waals surface area (Å²) >= 11 is 0. The SMILES string of the molecule is C[n+]1ccc(/C=C/c2ccccc2F)cc1.[I-]. The van der Waals surface area contributed by atoms with E-state index in [1.165, 1.54) is 6.07 Å². The molecule has 1 nitrogen and oxygen atoms in total. The molecule has 0 amide bonds. The third-order valence-corrected chi connectivity index (χ3v) is 2.36. The van der Waals surface area contributed by atoms with Crippen molar-refractivity contribution in [1.29, 1.82) is 0 Å². The van der Waals surface area contributed by atoms with Crippen LogP contribution >= 0.6 is 0 Å². The van der Waals surface area contributed by atoms with E-state index in [2.05, 4.69) is 0 Å². The van der Waals surface area contributed by atoms with Crippen molar-refractivity contribution in [3.05, 3.63) is 65.7 Å². The molecule has 3 heteroatoms. The van der Waals surface area contributed by atoms with Crippen LogP contribution in [0.3, 0.4) is 0 Å². The Morgan fingerprint density at radius 3 is 2.29 bits per heavy atom. The lowest BCUT2D eigenvalue weighted by atomic mass is 10.1. The first-order chi connectivity index (χ1) is 7.75. The lowest BCUT2D eigenvalue weighted by molar-refractivity contribution is -0.671. The zero-order valence-electron chi connectivity index (χ0n) is 9.48. The number of hydrogen-bond acceptors (Lipinski definition) is 0. The minimum atomic E-state index is -0.194. The van der Waals surface area contributed by atoms with E-state index >= 15 is 0 Å². The average Bonchev–Trinajstić information content (AvgIpc) is 2.30. The first-order valence-corrected chi connectivity index (χ1v) is 5.13. The van der Waals surface area contributed by atoms with Crippen LogP contribution < -0.4 is 28.5 Å². The second-order valence-corrected chi connectivity index (χ2v) is 3.65. The zero-order valence-corrected chi connectivity index (χ0v) is 11.6. The molecule has 0 saturated carbocycles. The summed E-state index contributed by atoms with van der Waals surface area (Å²) in [4.78, 5) is 0. The minimum absolute atomic E-state index is 0. The van der Waals surface area contributed by atoms with Crippen molar-refractivity contribution in [1.82, 2.24) is 0 Å². The fourth-order valence-electron chi connectivity index (χ4n) is 1.42. The van der Waals surface area contributed by atoms with Gasteiger partial charge in [0.25, 0.3) is 0 Å². The number of nitrogens with zero attached hydrogens (tertiary/aromatic N) is 1. The second-order valence-electron chi connectivity index (χ2n) is 3.65. The van der Waals surface area contributed by atoms with Crippen LogP contribution in [-0.4, -0.2) is 0 Å². The van der Waals surface area contributed by atoms with Crippen molar-refractivity contribution in [2.45, 2.75) is 0 Å². The Kier molecular flexibility index (Phi) is 5.28. The molecule has 2 rings (SSSR count). The van der Waals surface area contributed by atoms with Crippen LogP contribution in [0, 0.1) is 5.82 Å². The Balaban J connectivity index is 0.00000144. The second kappa shape index (κ2) is 6.49. The fourth-order valence-corrected chi connectivity index (χ4v) is 1.42. The zero-order chi connectivity index (χ0) is 11.4. The Bertz CT molecular complexity index is 506. The molecule has 0 spiro atoms. The Morgan fingerprint density at radius 2 is 1.65 bits per heavy atom. The van der Waals surface area contributed by atoms with Crippen LogP contribution in [0.5, 0.6) is 0 Å². The van der Waals surface area contributed by atoms with Gasteiger partial charge in [-0.15, -0.1) is 0 Å². The van der Waals surface area contributed by atoms with E-state index in [0.29, 0.717) is 5.56 Å². The lowest BCUT2D eigenvalue weighted by Gasteiger charge is -1.95. The van der Waals surface area contributed by atoms with Crippen LogP contribution in [0.1, 0.15) is 11.1 Å². The van der Waals surface area contributed by atoms with Gasteiger partial charge in [-0.3, -0.25) is 0 Å². The first-order valence-electron chi connectivity index (χ1n) is 5.13. The van der Waals surface area contributed by atoms with Gasteiger partial charge >= 0.3 is 0 Å². The molecule has 0 aliphatic rings. The number of halogens is 2. The fraction of sp³-hybridized carbons (Fsp3) is 0.0714. The molecule has 0 saturated heterocycles. The Hall–Kier alpha value is -1.23. The van der Waals surface area contributed by atoms with Crippen molar-refractivity contribution >= 4 is 12.2 Å². The molecule has 88 valence electrons. The summed E-state index contributed by atoms with van der Waals surface area (Å²) in [7, 11) is 1.96. The monoisotopic (exact) mass is 341 g/mol. The van der Waals surface area contributed by atoms with Gasteiger partial charge in [0.05, 0.1) is 0 Å². The van der Waals surface area contributed by atoms with Gasteiger partial charge in [0, 0.05) is 17.7 Å². The van der Waals surface area contributed by atoms with Gasteiger partial charge in [-0.1, -0.05) is 30.4 Å². The standard InChI is InChI=1S/C14H13FN.HI/c1-16-10-8-12(9-11-16)6-7-13-4-2-3-5-14(13)15;/h2-11H,1H3;1H/q+1;/p-1/b7-6+;.